The first kappa shape index (κ1) is 33.1. The molecule has 0 aliphatic rings. The van der Waals surface area contributed by atoms with E-state index in [1.807, 2.05) is 6.92 Å². The third-order valence-electron chi connectivity index (χ3n) is 6.35. The molecule has 202 valence electrons. The van der Waals surface area contributed by atoms with Gasteiger partial charge in [-0.3, -0.25) is 4.90 Å². The van der Waals surface area contributed by atoms with Gasteiger partial charge < -0.3 is 14.2 Å². The van der Waals surface area contributed by atoms with E-state index in [9.17, 15) is 4.79 Å². The van der Waals surface area contributed by atoms with E-state index in [4.69, 9.17) is 14.2 Å². The Kier molecular flexibility index (Phi) is 24.5. The lowest BCUT2D eigenvalue weighted by Gasteiger charge is -2.31. The highest BCUT2D eigenvalue weighted by Crippen LogP contribution is 2.14. The Morgan fingerprint density at radius 2 is 1.18 bits per heavy atom. The molecule has 0 heterocycles. The van der Waals surface area contributed by atoms with Gasteiger partial charge in [-0.2, -0.15) is 0 Å². The second-order valence-electron chi connectivity index (χ2n) is 9.53. The van der Waals surface area contributed by atoms with Crippen LogP contribution in [-0.2, 0) is 19.0 Å². The summed E-state index contributed by atoms with van der Waals surface area (Å²) >= 11 is 0. The molecule has 0 spiro atoms. The van der Waals surface area contributed by atoms with Crippen molar-refractivity contribution in [1.29, 1.82) is 0 Å². The number of carbonyl (C=O) groups excluding carboxylic acids is 1. The molecule has 5 nitrogen and oxygen atoms in total. The van der Waals surface area contributed by atoms with Gasteiger partial charge in [-0.05, 0) is 26.7 Å². The summed E-state index contributed by atoms with van der Waals surface area (Å²) in [7, 11) is 0. The number of hydrogen-bond acceptors (Lipinski definition) is 5. The number of esters is 1. The largest absolute Gasteiger partial charge is 0.460 e. The van der Waals surface area contributed by atoms with Crippen LogP contribution in [0, 0.1) is 0 Å². The number of nitrogens with zero attached hydrogens (tertiary/aromatic N) is 1. The standard InChI is InChI=1S/C29H57NO4/c1-6-9-11-13-15-17-19-21-23-30(24-22-20-18-16-14-12-10-7-2)27(4)34-28(5)32-25-26-33-29(31)8-3/h8,27-28H,3,6-7,9-26H2,1-2,4-5H3. The van der Waals surface area contributed by atoms with Crippen LogP contribution >= 0.6 is 0 Å². The van der Waals surface area contributed by atoms with E-state index in [-0.39, 0.29) is 19.1 Å². The highest BCUT2D eigenvalue weighted by Gasteiger charge is 2.17. The zero-order valence-electron chi connectivity index (χ0n) is 23.2. The molecule has 0 aliphatic heterocycles. The lowest BCUT2D eigenvalue weighted by molar-refractivity contribution is -0.197. The fraction of sp³-hybridized carbons (Fsp3) is 0.897. The smallest absolute Gasteiger partial charge is 0.330 e. The lowest BCUT2D eigenvalue weighted by Crippen LogP contribution is -2.39. The lowest BCUT2D eigenvalue weighted by atomic mass is 10.1. The molecule has 0 saturated heterocycles. The van der Waals surface area contributed by atoms with Crippen LogP contribution in [0.2, 0.25) is 0 Å². The number of unbranched alkanes of at least 4 members (excludes halogenated alkanes) is 14. The van der Waals surface area contributed by atoms with Crippen LogP contribution in [0.5, 0.6) is 0 Å². The van der Waals surface area contributed by atoms with Gasteiger partial charge in [0.25, 0.3) is 0 Å². The van der Waals surface area contributed by atoms with E-state index in [1.165, 1.54) is 103 Å². The van der Waals surface area contributed by atoms with E-state index < -0.39 is 5.97 Å². The molecule has 0 amide bonds. The summed E-state index contributed by atoms with van der Waals surface area (Å²) in [6, 6.07) is 0. The van der Waals surface area contributed by atoms with Gasteiger partial charge in [0.15, 0.2) is 6.29 Å². The number of carbonyl (C=O) groups is 1. The molecule has 34 heavy (non-hydrogen) atoms. The van der Waals surface area contributed by atoms with Gasteiger partial charge >= 0.3 is 5.97 Å². The maximum absolute atomic E-state index is 11.1. The summed E-state index contributed by atoms with van der Waals surface area (Å²) in [6.07, 6.45) is 22.2. The second-order valence-corrected chi connectivity index (χ2v) is 9.53. The SMILES string of the molecule is C=CC(=O)OCCOC(C)OC(C)N(CCCCCCCCCC)CCCCCCCCCC. The van der Waals surface area contributed by atoms with Crippen LogP contribution in [0.4, 0.5) is 0 Å². The quantitative estimate of drug-likeness (QED) is 0.0539. The van der Waals surface area contributed by atoms with Crippen molar-refractivity contribution in [2.24, 2.45) is 0 Å². The highest BCUT2D eigenvalue weighted by atomic mass is 16.7. The molecule has 0 radical (unpaired) electrons. The van der Waals surface area contributed by atoms with Crippen molar-refractivity contribution in [2.75, 3.05) is 26.3 Å². The van der Waals surface area contributed by atoms with Crippen molar-refractivity contribution in [3.8, 4) is 0 Å². The maximum Gasteiger partial charge on any atom is 0.330 e. The van der Waals surface area contributed by atoms with Crippen molar-refractivity contribution in [3.63, 3.8) is 0 Å². The number of ether oxygens (including phenoxy) is 3. The van der Waals surface area contributed by atoms with Crippen LogP contribution in [0.3, 0.4) is 0 Å². The van der Waals surface area contributed by atoms with Gasteiger partial charge in [0, 0.05) is 19.2 Å². The first-order chi connectivity index (χ1) is 16.5. The van der Waals surface area contributed by atoms with Gasteiger partial charge in [0.05, 0.1) is 6.61 Å². The topological polar surface area (TPSA) is 48.0 Å². The Hall–Kier alpha value is -0.910. The minimum atomic E-state index is -0.424. The zero-order chi connectivity index (χ0) is 25.3. The predicted octanol–water partition coefficient (Wildman–Crippen LogP) is 8.02. The molecule has 0 aromatic rings. The van der Waals surface area contributed by atoms with Crippen LogP contribution in [-0.4, -0.2) is 49.7 Å². The van der Waals surface area contributed by atoms with Gasteiger partial charge in [-0.15, -0.1) is 0 Å². The van der Waals surface area contributed by atoms with Gasteiger partial charge in [0.1, 0.15) is 12.8 Å². The molecule has 0 N–H and O–H groups in total. The average Bonchev–Trinajstić information content (AvgIpc) is 2.83. The van der Waals surface area contributed by atoms with Crippen molar-refractivity contribution in [1.82, 2.24) is 4.90 Å². The van der Waals surface area contributed by atoms with E-state index in [0.717, 1.165) is 19.2 Å². The first-order valence-electron chi connectivity index (χ1n) is 14.3. The second kappa shape index (κ2) is 25.2. The Morgan fingerprint density at radius 3 is 1.62 bits per heavy atom. The molecular formula is C29H57NO4. The zero-order valence-corrected chi connectivity index (χ0v) is 23.2. The fourth-order valence-electron chi connectivity index (χ4n) is 4.19. The Labute approximate surface area is 212 Å². The van der Waals surface area contributed by atoms with E-state index in [2.05, 4.69) is 32.3 Å². The molecule has 0 fully saturated rings. The first-order valence-corrected chi connectivity index (χ1v) is 14.3. The molecule has 0 bridgehead atoms. The molecule has 0 saturated carbocycles. The van der Waals surface area contributed by atoms with Gasteiger partial charge in [-0.1, -0.05) is 110 Å². The summed E-state index contributed by atoms with van der Waals surface area (Å²) < 4.78 is 16.8. The summed E-state index contributed by atoms with van der Waals surface area (Å²) in [6.45, 7) is 14.7. The minimum Gasteiger partial charge on any atom is -0.460 e. The fourth-order valence-corrected chi connectivity index (χ4v) is 4.19. The molecule has 0 aromatic heterocycles. The molecule has 0 aromatic carbocycles. The van der Waals surface area contributed by atoms with Crippen LogP contribution < -0.4 is 0 Å². The Morgan fingerprint density at radius 1 is 0.735 bits per heavy atom. The summed E-state index contributed by atoms with van der Waals surface area (Å²) in [5, 5.41) is 0. The Bertz CT molecular complexity index is 437. The van der Waals surface area contributed by atoms with E-state index in [0.29, 0.717) is 6.61 Å². The van der Waals surface area contributed by atoms with Crippen molar-refractivity contribution < 1.29 is 19.0 Å². The Balaban J connectivity index is 4.26. The van der Waals surface area contributed by atoms with Gasteiger partial charge in [-0.25, -0.2) is 4.79 Å². The molecular weight excluding hydrogens is 426 g/mol. The van der Waals surface area contributed by atoms with Crippen molar-refractivity contribution in [2.45, 2.75) is 143 Å². The van der Waals surface area contributed by atoms with Crippen molar-refractivity contribution in [3.05, 3.63) is 12.7 Å². The summed E-state index contributed by atoms with van der Waals surface area (Å²) in [5.74, 6) is -0.424. The van der Waals surface area contributed by atoms with E-state index >= 15 is 0 Å². The van der Waals surface area contributed by atoms with Gasteiger partial charge in [0.2, 0.25) is 0 Å². The van der Waals surface area contributed by atoms with Crippen molar-refractivity contribution >= 4 is 5.97 Å². The average molecular weight is 484 g/mol. The molecule has 2 unspecified atom stereocenters. The normalized spacial score (nSPS) is 13.2. The summed E-state index contributed by atoms with van der Waals surface area (Å²) in [5.41, 5.74) is 0. The molecule has 5 heteroatoms. The third-order valence-corrected chi connectivity index (χ3v) is 6.35. The van der Waals surface area contributed by atoms with Crippen LogP contribution in [0.1, 0.15) is 130 Å². The monoisotopic (exact) mass is 483 g/mol. The summed E-state index contributed by atoms with van der Waals surface area (Å²) in [4.78, 5) is 13.6. The predicted molar refractivity (Wildman–Crippen MR) is 144 cm³/mol. The van der Waals surface area contributed by atoms with Crippen LogP contribution in [0.15, 0.2) is 12.7 Å². The maximum atomic E-state index is 11.1. The van der Waals surface area contributed by atoms with E-state index in [1.54, 1.807) is 0 Å². The number of rotatable bonds is 26. The highest BCUT2D eigenvalue weighted by molar-refractivity contribution is 5.81. The number of hydrogen-bond donors (Lipinski definition) is 0. The van der Waals surface area contributed by atoms with Crippen LogP contribution in [0.25, 0.3) is 0 Å². The molecule has 0 aliphatic carbocycles. The third kappa shape index (κ3) is 21.6. The molecule has 0 rings (SSSR count). The minimum absolute atomic E-state index is 0.0137. The molecule has 2 atom stereocenters.